The van der Waals surface area contributed by atoms with E-state index in [-0.39, 0.29) is 17.6 Å². The molecule has 1 aromatic heterocycles. The molecule has 3 N–H and O–H groups in total. The first-order valence-electron chi connectivity index (χ1n) is 10.9. The Morgan fingerprint density at radius 2 is 1.86 bits per heavy atom. The van der Waals surface area contributed by atoms with Crippen LogP contribution in [-0.2, 0) is 22.6 Å². The number of thiophene rings is 1. The number of hydrogen-bond donors (Lipinski definition) is 3. The predicted octanol–water partition coefficient (Wildman–Crippen LogP) is 5.06. The first kappa shape index (κ1) is 24.7. The van der Waals surface area contributed by atoms with Crippen LogP contribution in [0.25, 0.3) is 0 Å². The van der Waals surface area contributed by atoms with E-state index in [1.54, 1.807) is 11.8 Å². The Hall–Kier alpha value is -3.39. The van der Waals surface area contributed by atoms with Gasteiger partial charge in [-0.2, -0.15) is 5.26 Å². The van der Waals surface area contributed by atoms with E-state index in [4.69, 9.17) is 12.2 Å². The van der Waals surface area contributed by atoms with Gasteiger partial charge in [-0.25, -0.2) is 0 Å². The third-order valence-electron chi connectivity index (χ3n) is 5.36. The van der Waals surface area contributed by atoms with Crippen LogP contribution in [0, 0.1) is 11.3 Å². The summed E-state index contributed by atoms with van der Waals surface area (Å²) in [7, 11) is 0. The van der Waals surface area contributed by atoms with Crippen LogP contribution >= 0.6 is 35.3 Å². The third-order valence-corrected chi connectivity index (χ3v) is 7.69. The van der Waals surface area contributed by atoms with Gasteiger partial charge in [0.05, 0.1) is 17.9 Å². The molecule has 0 fully saturated rings. The lowest BCUT2D eigenvalue weighted by atomic mass is 10.0. The number of fused-ring (bicyclic) bond motifs is 1. The van der Waals surface area contributed by atoms with E-state index in [1.165, 1.54) is 23.1 Å². The largest absolute Gasteiger partial charge is 0.337 e. The molecular formula is C25H23N5O2S3. The van der Waals surface area contributed by atoms with E-state index < -0.39 is 0 Å². The quantitative estimate of drug-likeness (QED) is 0.308. The highest BCUT2D eigenvalue weighted by molar-refractivity contribution is 8.00. The van der Waals surface area contributed by atoms with Crippen molar-refractivity contribution in [2.75, 3.05) is 28.2 Å². The van der Waals surface area contributed by atoms with Crippen molar-refractivity contribution in [2.24, 2.45) is 0 Å². The molecule has 2 heterocycles. The van der Waals surface area contributed by atoms with Crippen LogP contribution in [0.15, 0.2) is 59.5 Å². The van der Waals surface area contributed by atoms with Crippen molar-refractivity contribution in [3.8, 4) is 6.07 Å². The fourth-order valence-corrected chi connectivity index (χ4v) is 5.89. The van der Waals surface area contributed by atoms with Gasteiger partial charge in [0.25, 0.3) is 0 Å². The van der Waals surface area contributed by atoms with Crippen molar-refractivity contribution >= 4 is 68.6 Å². The molecule has 10 heteroatoms. The highest BCUT2D eigenvalue weighted by Gasteiger charge is 2.26. The normalized spacial score (nSPS) is 12.3. The van der Waals surface area contributed by atoms with Crippen molar-refractivity contribution < 1.29 is 9.59 Å². The van der Waals surface area contributed by atoms with Gasteiger partial charge in [0.2, 0.25) is 11.8 Å². The molecule has 0 unspecified atom stereocenters. The van der Waals surface area contributed by atoms with Crippen LogP contribution in [0.1, 0.15) is 22.9 Å². The van der Waals surface area contributed by atoms with Crippen LogP contribution in [0.4, 0.5) is 16.4 Å². The molecular weight excluding hydrogens is 499 g/mol. The molecule has 3 aromatic rings. The fraction of sp³-hybridized carbons (Fsp3) is 0.200. The number of thioether (sulfide) groups is 1. The molecule has 1 aliphatic heterocycles. The topological polar surface area (TPSA) is 97.3 Å². The number of nitrogens with zero attached hydrogens (tertiary/aromatic N) is 2. The molecule has 1 aliphatic rings. The van der Waals surface area contributed by atoms with Gasteiger partial charge in [0.1, 0.15) is 11.1 Å². The number of hydrogen-bond acceptors (Lipinski definition) is 6. The van der Waals surface area contributed by atoms with Gasteiger partial charge >= 0.3 is 0 Å². The van der Waals surface area contributed by atoms with Gasteiger partial charge in [-0.3, -0.25) is 9.59 Å². The number of amides is 2. The van der Waals surface area contributed by atoms with E-state index in [1.807, 2.05) is 54.6 Å². The van der Waals surface area contributed by atoms with Crippen LogP contribution < -0.4 is 16.0 Å². The van der Waals surface area contributed by atoms with Gasteiger partial charge in [0, 0.05) is 34.6 Å². The van der Waals surface area contributed by atoms with Gasteiger partial charge in [-0.15, -0.1) is 23.1 Å². The van der Waals surface area contributed by atoms with Crippen molar-refractivity contribution in [1.29, 1.82) is 5.26 Å². The summed E-state index contributed by atoms with van der Waals surface area (Å²) >= 11 is 8.16. The molecule has 0 spiro atoms. The summed E-state index contributed by atoms with van der Waals surface area (Å²) in [6.45, 7) is 2.61. The van der Waals surface area contributed by atoms with E-state index >= 15 is 0 Å². The standard InChI is InChI=1S/C25H23N5O2S3/c1-16(31)30-11-10-20-21(13-26)24(35-22(20)14-30)29-23(32)15-34-19-9-5-8-18(12-19)28-25(33)27-17-6-3-2-4-7-17/h2-9,12H,10-11,14-15H2,1H3,(H,29,32)(H2,27,28,33). The number of nitriles is 1. The zero-order chi connectivity index (χ0) is 24.8. The maximum absolute atomic E-state index is 12.7. The highest BCUT2D eigenvalue weighted by atomic mass is 32.2. The molecule has 0 saturated heterocycles. The number of thiocarbonyl (C=S) groups is 1. The minimum atomic E-state index is -0.187. The first-order chi connectivity index (χ1) is 16.9. The number of carbonyl (C=O) groups is 2. The lowest BCUT2D eigenvalue weighted by molar-refractivity contribution is -0.129. The molecule has 0 bridgehead atoms. The SMILES string of the molecule is CC(=O)N1CCc2c(sc(NC(=O)CSc3cccc(NC(=S)Nc4ccccc4)c3)c2C#N)C1. The number of para-hydroxylation sites is 1. The molecule has 0 radical (unpaired) electrons. The second-order valence-electron chi connectivity index (χ2n) is 7.82. The van der Waals surface area contributed by atoms with Crippen LogP contribution in [0.2, 0.25) is 0 Å². The average Bonchev–Trinajstić information content (AvgIpc) is 3.19. The summed E-state index contributed by atoms with van der Waals surface area (Å²) in [6, 6.07) is 19.5. The first-order valence-corrected chi connectivity index (χ1v) is 13.1. The molecule has 35 heavy (non-hydrogen) atoms. The summed E-state index contributed by atoms with van der Waals surface area (Å²) in [4.78, 5) is 28.0. The predicted molar refractivity (Wildman–Crippen MR) is 146 cm³/mol. The van der Waals surface area contributed by atoms with E-state index in [2.05, 4.69) is 22.0 Å². The average molecular weight is 522 g/mol. The van der Waals surface area contributed by atoms with Gasteiger partial charge in [-0.1, -0.05) is 24.3 Å². The monoisotopic (exact) mass is 521 g/mol. The molecule has 0 atom stereocenters. The zero-order valence-corrected chi connectivity index (χ0v) is 21.4. The summed E-state index contributed by atoms with van der Waals surface area (Å²) in [5.74, 6) is 0.0226. The lowest BCUT2D eigenvalue weighted by Crippen LogP contribution is -2.33. The maximum atomic E-state index is 12.7. The number of benzene rings is 2. The number of carbonyl (C=O) groups excluding carboxylic acids is 2. The highest BCUT2D eigenvalue weighted by Crippen LogP contribution is 2.37. The molecule has 178 valence electrons. The van der Waals surface area contributed by atoms with Crippen molar-refractivity contribution in [2.45, 2.75) is 24.8 Å². The summed E-state index contributed by atoms with van der Waals surface area (Å²) in [6.07, 6.45) is 0.625. The second-order valence-corrected chi connectivity index (χ2v) is 10.4. The second kappa shape index (κ2) is 11.4. The Balaban J connectivity index is 1.34. The van der Waals surface area contributed by atoms with Gasteiger partial charge < -0.3 is 20.9 Å². The Labute approximate surface area is 217 Å². The number of anilines is 3. The minimum absolute atomic E-state index is 0.0119. The molecule has 7 nitrogen and oxygen atoms in total. The Morgan fingerprint density at radius 1 is 1.11 bits per heavy atom. The van der Waals surface area contributed by atoms with E-state index in [0.29, 0.717) is 35.2 Å². The number of nitrogens with one attached hydrogen (secondary N) is 3. The van der Waals surface area contributed by atoms with E-state index in [9.17, 15) is 14.9 Å². The Bertz CT molecular complexity index is 1300. The van der Waals surface area contributed by atoms with Gasteiger partial charge in [0.15, 0.2) is 5.11 Å². The summed E-state index contributed by atoms with van der Waals surface area (Å²) < 4.78 is 0. The van der Waals surface area contributed by atoms with Crippen molar-refractivity contribution in [3.05, 3.63) is 70.6 Å². The molecule has 2 aromatic carbocycles. The van der Waals surface area contributed by atoms with Crippen molar-refractivity contribution in [3.63, 3.8) is 0 Å². The van der Waals surface area contributed by atoms with E-state index in [0.717, 1.165) is 26.7 Å². The molecule has 0 aliphatic carbocycles. The third kappa shape index (κ3) is 6.39. The van der Waals surface area contributed by atoms with Crippen LogP contribution in [0.3, 0.4) is 0 Å². The van der Waals surface area contributed by atoms with Gasteiger partial charge in [-0.05, 0) is 54.5 Å². The smallest absolute Gasteiger partial charge is 0.235 e. The fourth-order valence-electron chi connectivity index (χ4n) is 3.67. The Morgan fingerprint density at radius 3 is 2.60 bits per heavy atom. The number of rotatable bonds is 6. The van der Waals surface area contributed by atoms with Crippen molar-refractivity contribution in [1.82, 2.24) is 4.90 Å². The minimum Gasteiger partial charge on any atom is -0.337 e. The maximum Gasteiger partial charge on any atom is 0.235 e. The van der Waals surface area contributed by atoms with Crippen LogP contribution in [0.5, 0.6) is 0 Å². The molecule has 2 amide bonds. The molecule has 4 rings (SSSR count). The molecule has 0 saturated carbocycles. The Kier molecular flexibility index (Phi) is 8.02. The zero-order valence-electron chi connectivity index (χ0n) is 19.0. The lowest BCUT2D eigenvalue weighted by Gasteiger charge is -2.25. The van der Waals surface area contributed by atoms with Crippen LogP contribution in [-0.4, -0.2) is 34.1 Å². The summed E-state index contributed by atoms with van der Waals surface area (Å²) in [5.41, 5.74) is 3.17. The summed E-state index contributed by atoms with van der Waals surface area (Å²) in [5, 5.41) is 19.9.